The first-order chi connectivity index (χ1) is 68.5. The number of carboxylic acids is 1. The van der Waals surface area contributed by atoms with E-state index in [1.54, 1.807) is 70.2 Å². The second-order valence-corrected chi connectivity index (χ2v) is 37.6. The smallest absolute Gasteiger partial charge is 0.303 e. The SMILES string of the molecule is CCCC[C@H](NC(=O)[C@H](CCC(=O)O)NC(=O)[C@H](CCCNC(=N)N)NC(=O)[C@H](Cc1ccc(O)cc1)NC(=O)[C@H](CCCCN)NC(=O)[C@@H](NC(=O)[C@]1(C)CCC/C=C\CCC[C@](C)(NC(=O)[C@H](C)NC(=O)[C@H](CCCCN)NC(=O)[C@H](Cc2ccccc2)NC(=O)CCNC(C)=O)C(=O)N[C@@H](CCCNC(=N)N)C(=O)N[C@@H](CCCNC(=N)N)C(=O)N[C@@H]([C@@H](C)O)C(=O)N1)C(C)C)C(=O)N[C@@H](CC(C)C)C(N)=O. The van der Waals surface area contributed by atoms with Crippen molar-refractivity contribution in [3.05, 3.63) is 77.9 Å². The maximum atomic E-state index is 15.5. The second kappa shape index (κ2) is 66.1. The molecule has 3 rings (SSSR count). The molecule has 37 N–H and O–H groups in total. The van der Waals surface area contributed by atoms with E-state index in [1.807, 2.05) is 6.92 Å². The Kier molecular flexibility index (Phi) is 57.1. The van der Waals surface area contributed by atoms with Crippen LogP contribution in [0.4, 0.5) is 0 Å². The lowest BCUT2D eigenvalue weighted by molar-refractivity contribution is -0.140. The van der Waals surface area contributed by atoms with E-state index in [9.17, 15) is 68.1 Å². The van der Waals surface area contributed by atoms with Gasteiger partial charge in [-0.3, -0.25) is 103 Å². The maximum absolute atomic E-state index is 15.5. The Morgan fingerprint density at radius 2 is 0.903 bits per heavy atom. The summed E-state index contributed by atoms with van der Waals surface area (Å²) in [5.41, 5.74) is 31.2. The van der Waals surface area contributed by atoms with E-state index in [0.29, 0.717) is 43.2 Å². The lowest BCUT2D eigenvalue weighted by Crippen LogP contribution is -2.66. The highest BCUT2D eigenvalue weighted by molar-refractivity contribution is 6.02. The topological polar surface area (TPSA) is 824 Å². The van der Waals surface area contributed by atoms with Crippen LogP contribution in [0.3, 0.4) is 0 Å². The largest absolute Gasteiger partial charge is 0.508 e. The zero-order valence-corrected chi connectivity index (χ0v) is 85.1. The molecule has 2 aromatic carbocycles. The van der Waals surface area contributed by atoms with Crippen LogP contribution in [-0.2, 0) is 99.1 Å². The molecule has 0 unspecified atom stereocenters. The number of primary amides is 1. The molecule has 1 aliphatic heterocycles. The minimum Gasteiger partial charge on any atom is -0.508 e. The molecular formula is C96H160N28O21. The van der Waals surface area contributed by atoms with Gasteiger partial charge in [0.1, 0.15) is 95.4 Å². The van der Waals surface area contributed by atoms with Gasteiger partial charge in [0.05, 0.1) is 6.10 Å². The molecule has 0 bridgehead atoms. The number of carbonyl (C=O) groups is 18. The average molecular weight is 2040 g/mol. The molecule has 0 spiro atoms. The van der Waals surface area contributed by atoms with Crippen molar-refractivity contribution >= 4 is 124 Å². The van der Waals surface area contributed by atoms with Crippen molar-refractivity contribution < 1.29 is 102 Å². The summed E-state index contributed by atoms with van der Waals surface area (Å²) >= 11 is 0. The summed E-state index contributed by atoms with van der Waals surface area (Å²) in [7, 11) is 0. The number of carboxylic acid groups (broad SMARTS) is 1. The van der Waals surface area contributed by atoms with Crippen molar-refractivity contribution in [3.63, 3.8) is 0 Å². The molecule has 17 amide bonds. The molecule has 16 atom stereocenters. The normalized spacial score (nSPS) is 18.9. The fourth-order valence-electron chi connectivity index (χ4n) is 15.5. The van der Waals surface area contributed by atoms with Gasteiger partial charge in [0, 0.05) is 58.8 Å². The highest BCUT2D eigenvalue weighted by Gasteiger charge is 2.45. The van der Waals surface area contributed by atoms with E-state index in [-0.39, 0.29) is 185 Å². The van der Waals surface area contributed by atoms with Crippen LogP contribution in [-0.4, -0.2) is 275 Å². The molecule has 2 aromatic rings. The van der Waals surface area contributed by atoms with Crippen LogP contribution in [0.1, 0.15) is 241 Å². The Hall–Kier alpha value is -13.9. The number of phenolic OH excluding ortho intramolecular Hbond substituents is 1. The molecule has 0 saturated carbocycles. The molecule has 810 valence electrons. The van der Waals surface area contributed by atoms with Gasteiger partial charge in [0.25, 0.3) is 0 Å². The second-order valence-electron chi connectivity index (χ2n) is 37.6. The van der Waals surface area contributed by atoms with Crippen molar-refractivity contribution in [1.82, 2.24) is 101 Å². The molecule has 145 heavy (non-hydrogen) atoms. The minimum atomic E-state index is -2.08. The van der Waals surface area contributed by atoms with Gasteiger partial charge in [-0.05, 0) is 211 Å². The zero-order valence-electron chi connectivity index (χ0n) is 85.1. The van der Waals surface area contributed by atoms with E-state index < -0.39 is 233 Å². The number of aliphatic carboxylic acids is 1. The van der Waals surface area contributed by atoms with E-state index in [4.69, 9.17) is 50.6 Å². The first-order valence-corrected chi connectivity index (χ1v) is 49.6. The molecule has 49 heteroatoms. The third kappa shape index (κ3) is 48.8. The van der Waals surface area contributed by atoms with Crippen molar-refractivity contribution in [3.8, 4) is 5.75 Å². The first kappa shape index (κ1) is 125. The van der Waals surface area contributed by atoms with Crippen LogP contribution in [0.5, 0.6) is 5.75 Å². The number of guanidine groups is 3. The monoisotopic (exact) mass is 2040 g/mol. The van der Waals surface area contributed by atoms with Crippen molar-refractivity contribution in [2.24, 2.45) is 46.2 Å². The third-order valence-corrected chi connectivity index (χ3v) is 23.9. The van der Waals surface area contributed by atoms with Gasteiger partial charge in [-0.1, -0.05) is 102 Å². The Morgan fingerprint density at radius 3 is 1.37 bits per heavy atom. The number of aromatic hydroxyl groups is 1. The Morgan fingerprint density at radius 1 is 0.469 bits per heavy atom. The van der Waals surface area contributed by atoms with Gasteiger partial charge in [-0.15, -0.1) is 0 Å². The summed E-state index contributed by atoms with van der Waals surface area (Å²) < 4.78 is 0. The number of nitrogens with one attached hydrogen (secondary N) is 22. The summed E-state index contributed by atoms with van der Waals surface area (Å²) in [6, 6.07) is -5.50. The Balaban J connectivity index is 2.20. The lowest BCUT2D eigenvalue weighted by atomic mass is 9.90. The number of allylic oxidation sites excluding steroid dienone is 2. The number of nitrogens with two attached hydrogens (primary N) is 6. The van der Waals surface area contributed by atoms with Crippen LogP contribution < -0.4 is 135 Å². The Bertz CT molecular complexity index is 4650. The molecule has 0 aliphatic carbocycles. The summed E-state index contributed by atoms with van der Waals surface area (Å²) in [5.74, 6) is -19.1. The number of aliphatic hydroxyl groups is 1. The Labute approximate surface area is 846 Å². The molecule has 0 radical (unpaired) electrons. The number of rotatable bonds is 59. The summed E-state index contributed by atoms with van der Waals surface area (Å²) in [5, 5.41) is 105. The van der Waals surface area contributed by atoms with Gasteiger partial charge in [0.2, 0.25) is 100 Å². The van der Waals surface area contributed by atoms with E-state index in [1.165, 1.54) is 52.0 Å². The number of carbonyl (C=O) groups excluding carboxylic acids is 17. The van der Waals surface area contributed by atoms with Crippen molar-refractivity contribution in [2.45, 2.75) is 338 Å². The van der Waals surface area contributed by atoms with Crippen molar-refractivity contribution in [2.75, 3.05) is 39.3 Å². The fourth-order valence-corrected chi connectivity index (χ4v) is 15.5. The van der Waals surface area contributed by atoms with Gasteiger partial charge >= 0.3 is 5.97 Å². The highest BCUT2D eigenvalue weighted by atomic mass is 16.4. The predicted molar refractivity (Wildman–Crippen MR) is 541 cm³/mol. The van der Waals surface area contributed by atoms with Crippen LogP contribution in [0, 0.1) is 28.1 Å². The van der Waals surface area contributed by atoms with Crippen LogP contribution >= 0.6 is 0 Å². The summed E-state index contributed by atoms with van der Waals surface area (Å²) in [6.07, 6.45) is 1.52. The number of hydrogen-bond donors (Lipinski definition) is 31. The summed E-state index contributed by atoms with van der Waals surface area (Å²) in [6.45, 7) is 15.2. The molecule has 0 saturated heterocycles. The molecule has 1 aliphatic rings. The average Bonchev–Trinajstić information content (AvgIpc) is 1.11. The summed E-state index contributed by atoms with van der Waals surface area (Å²) in [4.78, 5) is 257. The minimum absolute atomic E-state index is 0.00568. The molecule has 0 fully saturated rings. The van der Waals surface area contributed by atoms with Crippen LogP contribution in [0.15, 0.2) is 66.7 Å². The van der Waals surface area contributed by atoms with Crippen LogP contribution in [0.25, 0.3) is 0 Å². The molecular weight excluding hydrogens is 1880 g/mol. The van der Waals surface area contributed by atoms with E-state index in [2.05, 4.69) is 101 Å². The number of amides is 17. The predicted octanol–water partition coefficient (Wildman–Crippen LogP) is -3.64. The lowest BCUT2D eigenvalue weighted by Gasteiger charge is -2.35. The zero-order chi connectivity index (χ0) is 109. The van der Waals surface area contributed by atoms with E-state index in [0.717, 1.165) is 6.92 Å². The van der Waals surface area contributed by atoms with E-state index >= 15 is 33.6 Å². The molecule has 1 heterocycles. The number of hydrogen-bond acceptors (Lipinski definition) is 25. The highest BCUT2D eigenvalue weighted by Crippen LogP contribution is 2.23. The van der Waals surface area contributed by atoms with Gasteiger partial charge in [0.15, 0.2) is 17.9 Å². The fraction of sp³-hybridized carbons (Fsp3) is 0.635. The standard InChI is InChI=1S/C96H160N28O21/c1-11-12-31-63(81(135)118-70(77(99)131)52-55(2)3)112-84(138)69(41-42-74(129)130)116-80(134)66(34-26-48-107-92(100)101)115-87(141)72(54-61-37-39-62(127)40-38-61)119-82(136)65(33-21-25-47-98)117-88(142)75(56(4)5)122-91(145)96(10)45-23-16-14-13-15-22-44-95(9,90(144)120-68(36-28-50-109-94(104)105)83(137)113-67(35-27-49-108-93(102)103)85(139)121-76(58(7)125)89(143)124-96)123-78(132)57(6)110-79(133)64(32-20-24-46-97)114-86(140)71(53-60-29-18-17-19-30-60)111-73(128)43-51-106-59(8)126/h13-14,17-19,29-30,37-40,55-58,63-72,75-76,125,127H,11-12,15-16,20-28,31-36,41-54,97-98H2,1-10H3,(H2,99,131)(H,106,126)(H,110,133)(H,111,128)(H,112,138)(H,113,137)(H,114,140)(H,115,141)(H,116,134)(H,117,142)(H,118,135)(H,119,136)(H,120,144)(H,121,139)(H,122,145)(H,123,132)(H,124,143)(H,129,130)(H4,100,101,107)(H4,102,103,108)(H4,104,105,109)/b14-13-/t57-,58+,63-,64-,65-,66-,67-,68-,69-,70-,71-,72-,75-,76-,95-,96-/m0/s1. The van der Waals surface area contributed by atoms with Gasteiger partial charge < -0.3 is 151 Å². The van der Waals surface area contributed by atoms with Crippen LogP contribution in [0.2, 0.25) is 0 Å². The number of aliphatic hydroxyl groups excluding tert-OH is 1. The number of benzene rings is 2. The molecule has 49 nitrogen and oxygen atoms in total. The van der Waals surface area contributed by atoms with Gasteiger partial charge in [-0.2, -0.15) is 0 Å². The maximum Gasteiger partial charge on any atom is 0.303 e. The third-order valence-electron chi connectivity index (χ3n) is 23.9. The quantitative estimate of drug-likeness (QED) is 0.0131. The van der Waals surface area contributed by atoms with Crippen molar-refractivity contribution in [1.29, 1.82) is 16.2 Å². The number of unbranched alkanes of at least 4 members (excludes halogenated alkanes) is 3. The van der Waals surface area contributed by atoms with Gasteiger partial charge in [-0.25, -0.2) is 0 Å². The molecule has 0 aromatic heterocycles. The first-order valence-electron chi connectivity index (χ1n) is 49.6. The number of phenols is 1.